The number of benzene rings is 1. The molecule has 0 atom stereocenters. The largest absolute Gasteiger partial charge is 0.444 e. The van der Waals surface area contributed by atoms with Gasteiger partial charge in [0.05, 0.1) is 5.69 Å². The summed E-state index contributed by atoms with van der Waals surface area (Å²) in [4.78, 5) is 24.0. The maximum Gasteiger partial charge on any atom is 0.412 e. The third-order valence-corrected chi connectivity index (χ3v) is 5.90. The highest BCUT2D eigenvalue weighted by molar-refractivity contribution is 7.90. The van der Waals surface area contributed by atoms with Crippen molar-refractivity contribution in [3.8, 4) is 0 Å². The molecule has 0 heterocycles. The second-order valence-electron chi connectivity index (χ2n) is 8.70. The molecule has 2 rings (SSSR count). The molecule has 10 heteroatoms. The van der Waals surface area contributed by atoms with Crippen LogP contribution in [0.5, 0.6) is 0 Å². The maximum absolute atomic E-state index is 14.0. The zero-order valence-corrected chi connectivity index (χ0v) is 18.6. The minimum absolute atomic E-state index is 0.147. The molecule has 2 amide bonds. The predicted molar refractivity (Wildman–Crippen MR) is 113 cm³/mol. The van der Waals surface area contributed by atoms with E-state index in [2.05, 4.69) is 22.3 Å². The number of nitrogens with one attached hydrogen (secondary N) is 3. The second-order valence-corrected chi connectivity index (χ2v) is 10.5. The molecule has 0 saturated heterocycles. The van der Waals surface area contributed by atoms with Gasteiger partial charge in [-0.15, -0.1) is 0 Å². The van der Waals surface area contributed by atoms with E-state index in [4.69, 9.17) is 4.74 Å². The van der Waals surface area contributed by atoms with Crippen LogP contribution in [0.1, 0.15) is 53.4 Å². The Labute approximate surface area is 177 Å². The average molecular weight is 444 g/mol. The Morgan fingerprint density at radius 3 is 2.37 bits per heavy atom. The van der Waals surface area contributed by atoms with Crippen molar-refractivity contribution in [2.24, 2.45) is 5.92 Å². The molecule has 0 aromatic heterocycles. The summed E-state index contributed by atoms with van der Waals surface area (Å²) < 4.78 is 46.2. The highest BCUT2D eigenvalue weighted by Gasteiger charge is 2.25. The highest BCUT2D eigenvalue weighted by atomic mass is 32.2. The van der Waals surface area contributed by atoms with Crippen LogP contribution in [-0.4, -0.2) is 37.8 Å². The fraction of sp³-hybridized carbons (Fsp3) is 0.600. The van der Waals surface area contributed by atoms with Crippen molar-refractivity contribution in [2.75, 3.05) is 16.4 Å². The zero-order chi connectivity index (χ0) is 22.5. The van der Waals surface area contributed by atoms with Crippen LogP contribution in [0, 0.1) is 11.7 Å². The quantitative estimate of drug-likeness (QED) is 0.622. The first-order chi connectivity index (χ1) is 13.8. The molecule has 1 saturated carbocycles. The fourth-order valence-corrected chi connectivity index (χ4v) is 4.40. The van der Waals surface area contributed by atoms with Crippen LogP contribution in [0.4, 0.5) is 20.6 Å². The van der Waals surface area contributed by atoms with Gasteiger partial charge >= 0.3 is 6.09 Å². The van der Waals surface area contributed by atoms with Gasteiger partial charge in [-0.05, 0) is 70.6 Å². The van der Waals surface area contributed by atoms with Crippen LogP contribution in [0.25, 0.3) is 0 Å². The van der Waals surface area contributed by atoms with Crippen LogP contribution in [0.3, 0.4) is 0 Å². The number of ether oxygens (including phenoxy) is 1. The molecule has 1 aromatic rings. The van der Waals surface area contributed by atoms with Gasteiger partial charge in [0.15, 0.2) is 0 Å². The van der Waals surface area contributed by atoms with Gasteiger partial charge in [0.25, 0.3) is 0 Å². The summed E-state index contributed by atoms with van der Waals surface area (Å²) in [5.41, 5.74) is -0.807. The normalized spacial score (nSPS) is 19.8. The van der Waals surface area contributed by atoms with Gasteiger partial charge in [0.1, 0.15) is 17.2 Å². The maximum atomic E-state index is 14.0. The Balaban J connectivity index is 1.95. The van der Waals surface area contributed by atoms with Crippen molar-refractivity contribution >= 4 is 33.4 Å². The van der Waals surface area contributed by atoms with Crippen LogP contribution in [0.2, 0.25) is 0 Å². The van der Waals surface area contributed by atoms with E-state index in [9.17, 15) is 22.4 Å². The smallest absolute Gasteiger partial charge is 0.412 e. The van der Waals surface area contributed by atoms with Crippen molar-refractivity contribution in [1.82, 2.24) is 4.72 Å². The molecule has 0 bridgehead atoms. The summed E-state index contributed by atoms with van der Waals surface area (Å²) in [6.45, 7) is 7.14. The minimum Gasteiger partial charge on any atom is -0.444 e. The standard InChI is InChI=1S/C20H30FN3O5S/c1-13-5-7-14(8-6-13)24-30(27,28)12-18(25)22-15-9-10-16(21)17(11-15)23-19(26)29-20(2,3)4/h9-11,13-14,24H,5-8,12H2,1-4H3,(H,22,25)(H,23,26). The lowest BCUT2D eigenvalue weighted by Crippen LogP contribution is -2.41. The number of carbonyl (C=O) groups is 2. The number of anilines is 2. The summed E-state index contributed by atoms with van der Waals surface area (Å²) in [5, 5.41) is 4.68. The van der Waals surface area contributed by atoms with Crippen LogP contribution in [-0.2, 0) is 19.6 Å². The van der Waals surface area contributed by atoms with Crippen LogP contribution in [0.15, 0.2) is 18.2 Å². The number of rotatable bonds is 6. The molecule has 0 radical (unpaired) electrons. The van der Waals surface area contributed by atoms with E-state index in [1.165, 1.54) is 12.1 Å². The number of amides is 2. The summed E-state index contributed by atoms with van der Waals surface area (Å²) in [7, 11) is -3.80. The molecule has 1 aliphatic rings. The third kappa shape index (κ3) is 8.27. The van der Waals surface area contributed by atoms with Gasteiger partial charge in [-0.25, -0.2) is 22.3 Å². The number of carbonyl (C=O) groups excluding carboxylic acids is 2. The monoisotopic (exact) mass is 443 g/mol. The molecule has 30 heavy (non-hydrogen) atoms. The Hall–Kier alpha value is -2.20. The van der Waals surface area contributed by atoms with Gasteiger partial charge in [-0.2, -0.15) is 0 Å². The fourth-order valence-electron chi connectivity index (χ4n) is 3.16. The first-order valence-corrected chi connectivity index (χ1v) is 11.6. The number of sulfonamides is 1. The van der Waals surface area contributed by atoms with Crippen molar-refractivity contribution in [3.05, 3.63) is 24.0 Å². The van der Waals surface area contributed by atoms with Crippen LogP contribution >= 0.6 is 0 Å². The van der Waals surface area contributed by atoms with Gasteiger partial charge in [-0.3, -0.25) is 10.1 Å². The molecule has 1 aliphatic carbocycles. The van der Waals surface area contributed by atoms with Gasteiger partial charge in [0.2, 0.25) is 15.9 Å². The number of hydrogen-bond donors (Lipinski definition) is 3. The first-order valence-electron chi connectivity index (χ1n) is 9.92. The lowest BCUT2D eigenvalue weighted by atomic mass is 9.88. The molecule has 8 nitrogen and oxygen atoms in total. The van der Waals surface area contributed by atoms with E-state index in [1.54, 1.807) is 20.8 Å². The Bertz CT molecular complexity index is 875. The molecule has 0 unspecified atom stereocenters. The van der Waals surface area contributed by atoms with Gasteiger partial charge < -0.3 is 10.1 Å². The van der Waals surface area contributed by atoms with E-state index in [1.807, 2.05) is 0 Å². The van der Waals surface area contributed by atoms with E-state index in [-0.39, 0.29) is 17.4 Å². The van der Waals surface area contributed by atoms with Crippen LogP contribution < -0.4 is 15.4 Å². The zero-order valence-electron chi connectivity index (χ0n) is 17.7. The third-order valence-electron chi connectivity index (χ3n) is 4.57. The van der Waals surface area contributed by atoms with Crippen molar-refractivity contribution in [2.45, 2.75) is 65.0 Å². The molecular weight excluding hydrogens is 413 g/mol. The number of halogens is 1. The molecule has 1 fully saturated rings. The van der Waals surface area contributed by atoms with E-state index >= 15 is 0 Å². The summed E-state index contributed by atoms with van der Waals surface area (Å²) in [6.07, 6.45) is 2.54. The molecule has 3 N–H and O–H groups in total. The summed E-state index contributed by atoms with van der Waals surface area (Å²) in [6, 6.07) is 3.36. The molecule has 0 aliphatic heterocycles. The summed E-state index contributed by atoms with van der Waals surface area (Å²) >= 11 is 0. The molecular formula is C20H30FN3O5S. The lowest BCUT2D eigenvalue weighted by Gasteiger charge is -2.26. The van der Waals surface area contributed by atoms with E-state index in [0.717, 1.165) is 31.7 Å². The first kappa shape index (κ1) is 24.1. The SMILES string of the molecule is CC1CCC(NS(=O)(=O)CC(=O)Nc2ccc(F)c(NC(=O)OC(C)(C)C)c2)CC1. The van der Waals surface area contributed by atoms with E-state index < -0.39 is 39.2 Å². The predicted octanol–water partition coefficient (Wildman–Crippen LogP) is 3.61. The van der Waals surface area contributed by atoms with Crippen molar-refractivity contribution in [1.29, 1.82) is 0 Å². The Morgan fingerprint density at radius 1 is 1.13 bits per heavy atom. The van der Waals surface area contributed by atoms with Crippen molar-refractivity contribution in [3.63, 3.8) is 0 Å². The average Bonchev–Trinajstić information content (AvgIpc) is 2.57. The Morgan fingerprint density at radius 2 is 1.77 bits per heavy atom. The van der Waals surface area contributed by atoms with Crippen molar-refractivity contribution < 1.29 is 27.1 Å². The Kier molecular flexibility index (Phi) is 7.81. The van der Waals surface area contributed by atoms with Gasteiger partial charge in [-0.1, -0.05) is 6.92 Å². The minimum atomic E-state index is -3.80. The molecule has 168 valence electrons. The van der Waals surface area contributed by atoms with E-state index in [0.29, 0.717) is 5.92 Å². The van der Waals surface area contributed by atoms with Gasteiger partial charge in [0, 0.05) is 11.7 Å². The molecule has 0 spiro atoms. The summed E-state index contributed by atoms with van der Waals surface area (Å²) in [5.74, 6) is -1.65. The molecule has 1 aromatic carbocycles. The second kappa shape index (κ2) is 9.74. The highest BCUT2D eigenvalue weighted by Crippen LogP contribution is 2.24. The topological polar surface area (TPSA) is 114 Å². The number of hydrogen-bond acceptors (Lipinski definition) is 5. The lowest BCUT2D eigenvalue weighted by molar-refractivity contribution is -0.113.